The number of nitrogens with one attached hydrogen (secondary N) is 2. The molecule has 0 radical (unpaired) electrons. The molecular weight excluding hydrogens is 228 g/mol. The molecule has 1 aliphatic rings. The minimum atomic E-state index is 0.439. The van der Waals surface area contributed by atoms with Crippen molar-refractivity contribution in [1.82, 2.24) is 29.9 Å². The number of fused-ring (bicyclic) bond motifs is 3. The predicted octanol–water partition coefficient (Wildman–Crippen LogP) is 1.07. The highest BCUT2D eigenvalue weighted by Crippen LogP contribution is 2.24. The van der Waals surface area contributed by atoms with Gasteiger partial charge in [0.1, 0.15) is 5.82 Å². The van der Waals surface area contributed by atoms with Gasteiger partial charge in [-0.2, -0.15) is 0 Å². The van der Waals surface area contributed by atoms with Crippen LogP contribution in [-0.4, -0.2) is 37.7 Å². The van der Waals surface area contributed by atoms with Crippen molar-refractivity contribution in [3.8, 4) is 0 Å². The zero-order valence-electron chi connectivity index (χ0n) is 9.93. The van der Waals surface area contributed by atoms with Crippen LogP contribution in [0.1, 0.15) is 24.6 Å². The number of H-pyrrole nitrogens is 1. The molecule has 0 spiro atoms. The molecule has 1 atom stereocenters. The molecular formula is C12H14N6. The van der Waals surface area contributed by atoms with Crippen molar-refractivity contribution in [2.24, 2.45) is 0 Å². The number of hydrogen-bond acceptors (Lipinski definition) is 4. The SMILES string of the molecule is c1cc2c(ncc3nnc([C@H]4CCCNC4)n32)[nH]1. The number of piperidine rings is 1. The second-order valence-corrected chi connectivity index (χ2v) is 4.76. The van der Waals surface area contributed by atoms with Gasteiger partial charge in [-0.15, -0.1) is 10.2 Å². The topological polar surface area (TPSA) is 70.9 Å². The number of rotatable bonds is 1. The number of hydrogen-bond donors (Lipinski definition) is 2. The van der Waals surface area contributed by atoms with Crippen LogP contribution in [0, 0.1) is 0 Å². The van der Waals surface area contributed by atoms with Gasteiger partial charge in [0, 0.05) is 18.7 Å². The molecule has 0 saturated carbocycles. The molecule has 0 aliphatic carbocycles. The molecule has 4 rings (SSSR count). The van der Waals surface area contributed by atoms with E-state index in [0.717, 1.165) is 35.7 Å². The number of aromatic amines is 1. The molecule has 3 aromatic heterocycles. The first kappa shape index (κ1) is 10.0. The van der Waals surface area contributed by atoms with Gasteiger partial charge in [-0.3, -0.25) is 4.40 Å². The van der Waals surface area contributed by atoms with Crippen LogP contribution in [0.2, 0.25) is 0 Å². The Balaban J connectivity index is 1.96. The summed E-state index contributed by atoms with van der Waals surface area (Å²) in [6.07, 6.45) is 6.04. The highest BCUT2D eigenvalue weighted by molar-refractivity contribution is 5.74. The minimum absolute atomic E-state index is 0.439. The van der Waals surface area contributed by atoms with E-state index in [1.807, 2.05) is 12.3 Å². The molecule has 1 saturated heterocycles. The van der Waals surface area contributed by atoms with Crippen molar-refractivity contribution in [1.29, 1.82) is 0 Å². The van der Waals surface area contributed by atoms with E-state index in [-0.39, 0.29) is 0 Å². The van der Waals surface area contributed by atoms with Crippen LogP contribution in [0.5, 0.6) is 0 Å². The van der Waals surface area contributed by atoms with Crippen LogP contribution in [0.25, 0.3) is 16.8 Å². The molecule has 0 bridgehead atoms. The van der Waals surface area contributed by atoms with Gasteiger partial charge in [0.05, 0.1) is 11.7 Å². The van der Waals surface area contributed by atoms with Gasteiger partial charge in [0.2, 0.25) is 0 Å². The molecule has 6 heteroatoms. The first-order chi connectivity index (χ1) is 8.93. The van der Waals surface area contributed by atoms with Crippen LogP contribution in [0.15, 0.2) is 18.5 Å². The van der Waals surface area contributed by atoms with Crippen molar-refractivity contribution in [2.45, 2.75) is 18.8 Å². The molecule has 18 heavy (non-hydrogen) atoms. The van der Waals surface area contributed by atoms with Crippen LogP contribution >= 0.6 is 0 Å². The Labute approximate surface area is 103 Å². The zero-order chi connectivity index (χ0) is 11.9. The Morgan fingerprint density at radius 2 is 2.33 bits per heavy atom. The molecule has 0 aromatic carbocycles. The van der Waals surface area contributed by atoms with Gasteiger partial charge >= 0.3 is 0 Å². The largest absolute Gasteiger partial charge is 0.345 e. The third-order valence-electron chi connectivity index (χ3n) is 3.63. The molecule has 3 aromatic rings. The lowest BCUT2D eigenvalue weighted by atomic mass is 9.99. The lowest BCUT2D eigenvalue weighted by molar-refractivity contribution is 0.445. The second kappa shape index (κ2) is 3.78. The van der Waals surface area contributed by atoms with Crippen LogP contribution in [0.3, 0.4) is 0 Å². The van der Waals surface area contributed by atoms with Gasteiger partial charge < -0.3 is 10.3 Å². The standard InChI is InChI=1S/C12H14N6/c1-2-8(6-13-4-1)12-17-16-10-7-15-11-9(18(10)12)3-5-14-11/h3,5,7-8,13-14H,1-2,4,6H2/t8-/m0/s1. The van der Waals surface area contributed by atoms with Crippen LogP contribution in [-0.2, 0) is 0 Å². The molecule has 1 aliphatic heterocycles. The first-order valence-corrected chi connectivity index (χ1v) is 6.31. The molecule has 4 heterocycles. The van der Waals surface area contributed by atoms with Crippen molar-refractivity contribution >= 4 is 16.8 Å². The van der Waals surface area contributed by atoms with Crippen molar-refractivity contribution in [3.05, 3.63) is 24.3 Å². The summed E-state index contributed by atoms with van der Waals surface area (Å²) in [5, 5.41) is 12.0. The summed E-state index contributed by atoms with van der Waals surface area (Å²) < 4.78 is 2.12. The summed E-state index contributed by atoms with van der Waals surface area (Å²) in [5.41, 5.74) is 2.76. The molecule has 0 amide bonds. The summed E-state index contributed by atoms with van der Waals surface area (Å²) >= 11 is 0. The summed E-state index contributed by atoms with van der Waals surface area (Å²) in [4.78, 5) is 7.46. The molecule has 6 nitrogen and oxygen atoms in total. The van der Waals surface area contributed by atoms with E-state index in [1.165, 1.54) is 12.8 Å². The second-order valence-electron chi connectivity index (χ2n) is 4.76. The van der Waals surface area contributed by atoms with E-state index in [0.29, 0.717) is 5.92 Å². The third-order valence-corrected chi connectivity index (χ3v) is 3.63. The maximum Gasteiger partial charge on any atom is 0.179 e. The van der Waals surface area contributed by atoms with E-state index in [1.54, 1.807) is 6.20 Å². The highest BCUT2D eigenvalue weighted by atomic mass is 15.3. The fraction of sp³-hybridized carbons (Fsp3) is 0.417. The average molecular weight is 242 g/mol. The maximum absolute atomic E-state index is 4.37. The zero-order valence-corrected chi connectivity index (χ0v) is 9.93. The van der Waals surface area contributed by atoms with Gasteiger partial charge in [0.15, 0.2) is 11.3 Å². The third kappa shape index (κ3) is 1.35. The smallest absolute Gasteiger partial charge is 0.179 e. The Bertz CT molecular complexity index is 691. The van der Waals surface area contributed by atoms with Gasteiger partial charge in [0.25, 0.3) is 0 Å². The normalized spacial score (nSPS) is 20.8. The minimum Gasteiger partial charge on any atom is -0.345 e. The predicted molar refractivity (Wildman–Crippen MR) is 67.5 cm³/mol. The summed E-state index contributed by atoms with van der Waals surface area (Å²) in [5.74, 6) is 1.48. The van der Waals surface area contributed by atoms with Crippen molar-refractivity contribution in [2.75, 3.05) is 13.1 Å². The van der Waals surface area contributed by atoms with Gasteiger partial charge in [-0.25, -0.2) is 4.98 Å². The Kier molecular flexibility index (Phi) is 2.10. The van der Waals surface area contributed by atoms with E-state index in [2.05, 4.69) is 29.9 Å². The molecule has 2 N–H and O–H groups in total. The molecule has 92 valence electrons. The lowest BCUT2D eigenvalue weighted by Gasteiger charge is -2.21. The number of aromatic nitrogens is 5. The maximum atomic E-state index is 4.37. The summed E-state index contributed by atoms with van der Waals surface area (Å²) in [6, 6.07) is 2.03. The van der Waals surface area contributed by atoms with E-state index in [4.69, 9.17) is 0 Å². The Hall–Kier alpha value is -1.95. The van der Waals surface area contributed by atoms with Crippen molar-refractivity contribution in [3.63, 3.8) is 0 Å². The molecule has 0 unspecified atom stereocenters. The van der Waals surface area contributed by atoms with E-state index >= 15 is 0 Å². The Morgan fingerprint density at radius 1 is 1.33 bits per heavy atom. The Morgan fingerprint density at radius 3 is 3.22 bits per heavy atom. The summed E-state index contributed by atoms with van der Waals surface area (Å²) in [7, 11) is 0. The highest BCUT2D eigenvalue weighted by Gasteiger charge is 2.21. The van der Waals surface area contributed by atoms with Crippen LogP contribution in [0.4, 0.5) is 0 Å². The number of nitrogens with zero attached hydrogens (tertiary/aromatic N) is 4. The molecule has 1 fully saturated rings. The van der Waals surface area contributed by atoms with E-state index < -0.39 is 0 Å². The lowest BCUT2D eigenvalue weighted by Crippen LogP contribution is -2.29. The van der Waals surface area contributed by atoms with E-state index in [9.17, 15) is 0 Å². The van der Waals surface area contributed by atoms with Crippen molar-refractivity contribution < 1.29 is 0 Å². The monoisotopic (exact) mass is 242 g/mol. The van der Waals surface area contributed by atoms with Crippen LogP contribution < -0.4 is 5.32 Å². The quantitative estimate of drug-likeness (QED) is 0.669. The average Bonchev–Trinajstić information content (AvgIpc) is 3.05. The van der Waals surface area contributed by atoms with Gasteiger partial charge in [-0.05, 0) is 25.5 Å². The first-order valence-electron chi connectivity index (χ1n) is 6.31. The fourth-order valence-electron chi connectivity index (χ4n) is 2.73. The van der Waals surface area contributed by atoms with Gasteiger partial charge in [-0.1, -0.05) is 0 Å². The summed E-state index contributed by atoms with van der Waals surface area (Å²) in [6.45, 7) is 2.09. The fourth-order valence-corrected chi connectivity index (χ4v) is 2.73.